The van der Waals surface area contributed by atoms with E-state index in [1.165, 1.54) is 10.6 Å². The summed E-state index contributed by atoms with van der Waals surface area (Å²) in [5.41, 5.74) is -0.364. The van der Waals surface area contributed by atoms with Crippen LogP contribution >= 0.6 is 15.9 Å². The van der Waals surface area contributed by atoms with Gasteiger partial charge in [0.2, 0.25) is 0 Å². The van der Waals surface area contributed by atoms with E-state index in [0.717, 1.165) is 10.5 Å². The Balaban J connectivity index is 2.85. The number of halogens is 1. The van der Waals surface area contributed by atoms with Crippen molar-refractivity contribution in [2.45, 2.75) is 0 Å². The van der Waals surface area contributed by atoms with E-state index < -0.39 is 11.5 Å². The van der Waals surface area contributed by atoms with E-state index in [4.69, 9.17) is 5.11 Å². The van der Waals surface area contributed by atoms with Crippen LogP contribution in [-0.4, -0.2) is 20.5 Å². The maximum atomic E-state index is 11.5. The van der Waals surface area contributed by atoms with Crippen LogP contribution in [0, 0.1) is 0 Å². The molecule has 0 atom stereocenters. The maximum absolute atomic E-state index is 11.5. The molecular weight excluding hydrogens is 264 g/mol. The summed E-state index contributed by atoms with van der Waals surface area (Å²) in [6.45, 7) is 0. The zero-order chi connectivity index (χ0) is 11.0. The van der Waals surface area contributed by atoms with E-state index in [1.54, 1.807) is 12.1 Å². The number of fused-ring (bicyclic) bond motifs is 1. The molecule has 1 N–H and O–H groups in total. The molecule has 0 aliphatic heterocycles. The molecule has 2 aromatic rings. The predicted molar refractivity (Wildman–Crippen MR) is 56.1 cm³/mol. The molecular formula is C9H5BrN2O3. The van der Waals surface area contributed by atoms with Gasteiger partial charge in [0.1, 0.15) is 5.65 Å². The van der Waals surface area contributed by atoms with Gasteiger partial charge in [0.05, 0.1) is 0 Å². The third-order valence-electron chi connectivity index (χ3n) is 1.85. The number of pyridine rings is 1. The van der Waals surface area contributed by atoms with Gasteiger partial charge in [-0.15, -0.1) is 0 Å². The van der Waals surface area contributed by atoms with Gasteiger partial charge in [-0.2, -0.15) is 0 Å². The first-order chi connectivity index (χ1) is 7.08. The molecule has 2 aromatic heterocycles. The first-order valence-corrected chi connectivity index (χ1v) is 4.79. The Morgan fingerprint density at radius 2 is 2.20 bits per heavy atom. The number of hydrogen-bond acceptors (Lipinski definition) is 3. The predicted octanol–water partition coefficient (Wildman–Crippen LogP) is 1.16. The number of aromatic carboxylic acids is 1. The van der Waals surface area contributed by atoms with Gasteiger partial charge in [-0.3, -0.25) is 9.20 Å². The number of carboxylic acid groups (broad SMARTS) is 1. The molecule has 76 valence electrons. The Morgan fingerprint density at radius 1 is 1.47 bits per heavy atom. The van der Waals surface area contributed by atoms with Crippen LogP contribution in [0.4, 0.5) is 0 Å². The quantitative estimate of drug-likeness (QED) is 0.843. The number of rotatable bonds is 1. The third kappa shape index (κ3) is 1.75. The largest absolute Gasteiger partial charge is 0.477 e. The molecule has 0 amide bonds. The second kappa shape index (κ2) is 3.47. The van der Waals surface area contributed by atoms with E-state index in [1.807, 2.05) is 0 Å². The Labute approximate surface area is 92.1 Å². The van der Waals surface area contributed by atoms with E-state index in [9.17, 15) is 9.59 Å². The van der Waals surface area contributed by atoms with Crippen molar-refractivity contribution in [3.05, 3.63) is 44.9 Å². The van der Waals surface area contributed by atoms with Crippen LogP contribution in [0.15, 0.2) is 33.7 Å². The van der Waals surface area contributed by atoms with E-state index in [2.05, 4.69) is 20.9 Å². The molecule has 5 nitrogen and oxygen atoms in total. The minimum absolute atomic E-state index is 0.252. The molecule has 0 radical (unpaired) electrons. The molecule has 0 saturated carbocycles. The molecule has 0 fully saturated rings. The molecule has 6 heteroatoms. The van der Waals surface area contributed by atoms with E-state index in [-0.39, 0.29) is 5.69 Å². The highest BCUT2D eigenvalue weighted by molar-refractivity contribution is 9.10. The Bertz CT molecular complexity index is 606. The van der Waals surface area contributed by atoms with Crippen molar-refractivity contribution < 1.29 is 9.90 Å². The lowest BCUT2D eigenvalue weighted by Gasteiger charge is -2.00. The monoisotopic (exact) mass is 268 g/mol. The first-order valence-electron chi connectivity index (χ1n) is 4.00. The fourth-order valence-electron chi connectivity index (χ4n) is 1.19. The number of aromatic nitrogens is 2. The Hall–Kier alpha value is -1.69. The highest BCUT2D eigenvalue weighted by Crippen LogP contribution is 2.10. The summed E-state index contributed by atoms with van der Waals surface area (Å²) >= 11 is 3.22. The highest BCUT2D eigenvalue weighted by Gasteiger charge is 2.08. The molecule has 0 spiro atoms. The summed E-state index contributed by atoms with van der Waals surface area (Å²) in [6.07, 6.45) is 1.53. The first kappa shape index (κ1) is 9.85. The van der Waals surface area contributed by atoms with Crippen LogP contribution < -0.4 is 5.56 Å². The van der Waals surface area contributed by atoms with Gasteiger partial charge in [0.15, 0.2) is 5.69 Å². The van der Waals surface area contributed by atoms with E-state index in [0.29, 0.717) is 5.65 Å². The second-order valence-electron chi connectivity index (χ2n) is 2.86. The summed E-state index contributed by atoms with van der Waals surface area (Å²) in [5.74, 6) is -1.21. The van der Waals surface area contributed by atoms with Crippen molar-refractivity contribution in [3.63, 3.8) is 0 Å². The van der Waals surface area contributed by atoms with E-state index >= 15 is 0 Å². The summed E-state index contributed by atoms with van der Waals surface area (Å²) in [7, 11) is 0. The van der Waals surface area contributed by atoms with Crippen LogP contribution in [0.5, 0.6) is 0 Å². The standard InChI is InChI=1S/C9H5BrN2O3/c10-5-1-2-12-7(3-5)11-6(9(14)15)4-8(12)13/h1-4H,(H,14,15). The van der Waals surface area contributed by atoms with Crippen LogP contribution in [0.25, 0.3) is 5.65 Å². The maximum Gasteiger partial charge on any atom is 0.354 e. The summed E-state index contributed by atoms with van der Waals surface area (Å²) in [5, 5.41) is 8.72. The van der Waals surface area contributed by atoms with Gasteiger partial charge in [-0.25, -0.2) is 9.78 Å². The molecule has 15 heavy (non-hydrogen) atoms. The van der Waals surface area contributed by atoms with Gasteiger partial charge in [0, 0.05) is 16.7 Å². The van der Waals surface area contributed by atoms with Gasteiger partial charge in [0.25, 0.3) is 5.56 Å². The minimum Gasteiger partial charge on any atom is -0.477 e. The zero-order valence-electron chi connectivity index (χ0n) is 7.35. The normalized spacial score (nSPS) is 10.5. The zero-order valence-corrected chi connectivity index (χ0v) is 8.93. The Kier molecular flexibility index (Phi) is 2.28. The van der Waals surface area contributed by atoms with Gasteiger partial charge in [-0.1, -0.05) is 15.9 Å². The number of carbonyl (C=O) groups is 1. The van der Waals surface area contributed by atoms with Crippen molar-refractivity contribution in [1.29, 1.82) is 0 Å². The molecule has 2 rings (SSSR count). The summed E-state index contributed by atoms with van der Waals surface area (Å²) in [6, 6.07) is 4.24. The fourth-order valence-corrected chi connectivity index (χ4v) is 1.51. The third-order valence-corrected chi connectivity index (χ3v) is 2.34. The molecule has 2 heterocycles. The SMILES string of the molecule is O=C(O)c1cc(=O)n2ccc(Br)cc2n1. The molecule has 0 aliphatic rings. The van der Waals surface area contributed by atoms with Crippen molar-refractivity contribution in [1.82, 2.24) is 9.38 Å². The lowest BCUT2D eigenvalue weighted by atomic mass is 10.4. The van der Waals surface area contributed by atoms with Crippen LogP contribution in [0.1, 0.15) is 10.5 Å². The Morgan fingerprint density at radius 3 is 2.87 bits per heavy atom. The minimum atomic E-state index is -1.21. The van der Waals surface area contributed by atoms with Crippen molar-refractivity contribution >= 4 is 27.5 Å². The van der Waals surface area contributed by atoms with Crippen LogP contribution in [0.2, 0.25) is 0 Å². The average Bonchev–Trinajstić information content (AvgIpc) is 2.16. The van der Waals surface area contributed by atoms with Crippen LogP contribution in [-0.2, 0) is 0 Å². The van der Waals surface area contributed by atoms with Crippen molar-refractivity contribution in [3.8, 4) is 0 Å². The fraction of sp³-hybridized carbons (Fsp3) is 0. The lowest BCUT2D eigenvalue weighted by Crippen LogP contribution is -2.17. The topological polar surface area (TPSA) is 71.7 Å². The van der Waals surface area contributed by atoms with Crippen molar-refractivity contribution in [2.24, 2.45) is 0 Å². The number of nitrogens with zero attached hydrogens (tertiary/aromatic N) is 2. The molecule has 0 aromatic carbocycles. The highest BCUT2D eigenvalue weighted by atomic mass is 79.9. The molecule has 0 bridgehead atoms. The lowest BCUT2D eigenvalue weighted by molar-refractivity contribution is 0.0690. The van der Waals surface area contributed by atoms with Crippen LogP contribution in [0.3, 0.4) is 0 Å². The number of carboxylic acids is 1. The smallest absolute Gasteiger partial charge is 0.354 e. The molecule has 0 unspecified atom stereocenters. The van der Waals surface area contributed by atoms with Crippen molar-refractivity contribution in [2.75, 3.05) is 0 Å². The summed E-state index contributed by atoms with van der Waals surface area (Å²) < 4.78 is 2.01. The van der Waals surface area contributed by atoms with Gasteiger partial charge in [-0.05, 0) is 12.1 Å². The van der Waals surface area contributed by atoms with Gasteiger partial charge >= 0.3 is 5.97 Å². The van der Waals surface area contributed by atoms with Gasteiger partial charge < -0.3 is 5.11 Å². The second-order valence-corrected chi connectivity index (χ2v) is 3.77. The molecule has 0 aliphatic carbocycles. The summed E-state index contributed by atoms with van der Waals surface area (Å²) in [4.78, 5) is 25.9. The average molecular weight is 269 g/mol. The number of hydrogen-bond donors (Lipinski definition) is 1. The molecule has 0 saturated heterocycles.